The monoisotopic (exact) mass is 287 g/mol. The Hall–Kier alpha value is -1.87. The van der Waals surface area contributed by atoms with Crippen LogP contribution in [0, 0.1) is 18.7 Å². The summed E-state index contributed by atoms with van der Waals surface area (Å²) >= 11 is 0. The first kappa shape index (κ1) is 15.5. The molecule has 112 valence electrons. The molecule has 0 saturated carbocycles. The number of hydrogen-bond donors (Lipinski definition) is 1. The Morgan fingerprint density at radius 3 is 2.67 bits per heavy atom. The van der Waals surface area contributed by atoms with Gasteiger partial charge in [-0.25, -0.2) is 4.39 Å². The fourth-order valence-electron chi connectivity index (χ4n) is 2.10. The molecule has 0 fully saturated rings. The molecule has 0 atom stereocenters. The molecule has 0 heterocycles. The van der Waals surface area contributed by atoms with E-state index in [1.165, 1.54) is 17.7 Å². The molecule has 0 spiro atoms. The van der Waals surface area contributed by atoms with E-state index in [0.717, 1.165) is 24.4 Å². The lowest BCUT2D eigenvalue weighted by molar-refractivity contribution is 0.464. The van der Waals surface area contributed by atoms with Gasteiger partial charge in [0.2, 0.25) is 0 Å². The van der Waals surface area contributed by atoms with E-state index in [1.807, 2.05) is 12.1 Å². The van der Waals surface area contributed by atoms with Gasteiger partial charge in [0.25, 0.3) is 0 Å². The van der Waals surface area contributed by atoms with Gasteiger partial charge in [-0.1, -0.05) is 37.6 Å². The Morgan fingerprint density at radius 2 is 1.95 bits per heavy atom. The minimum absolute atomic E-state index is 0.293. The standard InChI is InChI=1S/C18H22FNO/c1-13(2)11-20-12-15-9-14(3)7-8-18(15)21-17-6-4-5-16(19)10-17/h4-10,13,20H,11-12H2,1-3H3. The van der Waals surface area contributed by atoms with Crippen molar-refractivity contribution in [3.63, 3.8) is 0 Å². The molecule has 0 unspecified atom stereocenters. The number of rotatable bonds is 6. The second kappa shape index (κ2) is 7.23. The summed E-state index contributed by atoms with van der Waals surface area (Å²) in [5.41, 5.74) is 2.27. The van der Waals surface area contributed by atoms with E-state index in [-0.39, 0.29) is 5.82 Å². The van der Waals surface area contributed by atoms with Gasteiger partial charge in [0.15, 0.2) is 0 Å². The van der Waals surface area contributed by atoms with Crippen LogP contribution in [0.5, 0.6) is 11.5 Å². The highest BCUT2D eigenvalue weighted by molar-refractivity contribution is 5.40. The van der Waals surface area contributed by atoms with Gasteiger partial charge in [0.1, 0.15) is 17.3 Å². The van der Waals surface area contributed by atoms with Gasteiger partial charge < -0.3 is 10.1 Å². The molecule has 0 radical (unpaired) electrons. The van der Waals surface area contributed by atoms with Crippen LogP contribution >= 0.6 is 0 Å². The first-order chi connectivity index (χ1) is 10.0. The van der Waals surface area contributed by atoms with Crippen molar-refractivity contribution in [3.8, 4) is 11.5 Å². The van der Waals surface area contributed by atoms with Gasteiger partial charge in [-0.15, -0.1) is 0 Å². The van der Waals surface area contributed by atoms with Crippen LogP contribution in [-0.4, -0.2) is 6.54 Å². The number of aryl methyl sites for hydroxylation is 1. The second-order valence-electron chi connectivity index (χ2n) is 5.70. The van der Waals surface area contributed by atoms with Crippen molar-refractivity contribution in [1.82, 2.24) is 5.32 Å². The normalized spacial score (nSPS) is 10.9. The van der Waals surface area contributed by atoms with E-state index >= 15 is 0 Å². The molecule has 0 aliphatic rings. The van der Waals surface area contributed by atoms with Crippen LogP contribution in [0.1, 0.15) is 25.0 Å². The summed E-state index contributed by atoms with van der Waals surface area (Å²) in [6.07, 6.45) is 0. The topological polar surface area (TPSA) is 21.3 Å². The van der Waals surface area contributed by atoms with Crippen molar-refractivity contribution in [2.24, 2.45) is 5.92 Å². The molecule has 0 aliphatic carbocycles. The van der Waals surface area contributed by atoms with E-state index in [4.69, 9.17) is 4.74 Å². The van der Waals surface area contributed by atoms with Crippen molar-refractivity contribution in [2.45, 2.75) is 27.3 Å². The first-order valence-corrected chi connectivity index (χ1v) is 7.28. The lowest BCUT2D eigenvalue weighted by Crippen LogP contribution is -2.19. The number of nitrogens with one attached hydrogen (secondary N) is 1. The van der Waals surface area contributed by atoms with Gasteiger partial charge in [0.05, 0.1) is 0 Å². The quantitative estimate of drug-likeness (QED) is 0.833. The van der Waals surface area contributed by atoms with Crippen molar-refractivity contribution in [3.05, 3.63) is 59.4 Å². The number of halogens is 1. The van der Waals surface area contributed by atoms with Crippen LogP contribution in [0.15, 0.2) is 42.5 Å². The van der Waals surface area contributed by atoms with Gasteiger partial charge >= 0.3 is 0 Å². The Bertz CT molecular complexity index is 596. The third-order valence-corrected chi connectivity index (χ3v) is 3.11. The lowest BCUT2D eigenvalue weighted by atomic mass is 10.1. The molecule has 2 aromatic carbocycles. The Labute approximate surface area is 126 Å². The van der Waals surface area contributed by atoms with Crippen LogP contribution in [0.25, 0.3) is 0 Å². The molecule has 2 nitrogen and oxygen atoms in total. The van der Waals surface area contributed by atoms with E-state index in [0.29, 0.717) is 11.7 Å². The van der Waals surface area contributed by atoms with Crippen LogP contribution < -0.4 is 10.1 Å². The third-order valence-electron chi connectivity index (χ3n) is 3.11. The van der Waals surface area contributed by atoms with Crippen LogP contribution in [-0.2, 0) is 6.54 Å². The SMILES string of the molecule is Cc1ccc(Oc2cccc(F)c2)c(CNCC(C)C)c1. The fraction of sp³-hybridized carbons (Fsp3) is 0.333. The minimum atomic E-state index is -0.293. The van der Waals surface area contributed by atoms with Crippen molar-refractivity contribution in [2.75, 3.05) is 6.54 Å². The second-order valence-corrected chi connectivity index (χ2v) is 5.70. The van der Waals surface area contributed by atoms with Crippen molar-refractivity contribution >= 4 is 0 Å². The van der Waals surface area contributed by atoms with Gasteiger partial charge in [-0.2, -0.15) is 0 Å². The fourth-order valence-corrected chi connectivity index (χ4v) is 2.10. The van der Waals surface area contributed by atoms with Gasteiger partial charge in [-0.3, -0.25) is 0 Å². The molecule has 0 amide bonds. The van der Waals surface area contributed by atoms with Crippen molar-refractivity contribution in [1.29, 1.82) is 0 Å². The molecular formula is C18H22FNO. The number of benzene rings is 2. The maximum absolute atomic E-state index is 13.2. The summed E-state index contributed by atoms with van der Waals surface area (Å²) < 4.78 is 19.1. The zero-order chi connectivity index (χ0) is 15.2. The van der Waals surface area contributed by atoms with Crippen LogP contribution in [0.3, 0.4) is 0 Å². The predicted molar refractivity (Wildman–Crippen MR) is 84.2 cm³/mol. The molecule has 1 N–H and O–H groups in total. The van der Waals surface area contributed by atoms with Crippen LogP contribution in [0.2, 0.25) is 0 Å². The molecule has 2 aromatic rings. The number of hydrogen-bond acceptors (Lipinski definition) is 2. The van der Waals surface area contributed by atoms with E-state index < -0.39 is 0 Å². The summed E-state index contributed by atoms with van der Waals surface area (Å²) in [5.74, 6) is 1.59. The Balaban J connectivity index is 2.14. The highest BCUT2D eigenvalue weighted by Crippen LogP contribution is 2.26. The van der Waals surface area contributed by atoms with E-state index in [2.05, 4.69) is 32.2 Å². The van der Waals surface area contributed by atoms with E-state index in [9.17, 15) is 4.39 Å². The maximum atomic E-state index is 13.2. The Morgan fingerprint density at radius 1 is 1.14 bits per heavy atom. The zero-order valence-electron chi connectivity index (χ0n) is 12.8. The third kappa shape index (κ3) is 4.87. The average molecular weight is 287 g/mol. The Kier molecular flexibility index (Phi) is 5.34. The molecular weight excluding hydrogens is 265 g/mol. The van der Waals surface area contributed by atoms with Gasteiger partial charge in [-0.05, 0) is 37.6 Å². The highest BCUT2D eigenvalue weighted by Gasteiger charge is 2.06. The molecule has 21 heavy (non-hydrogen) atoms. The van der Waals surface area contributed by atoms with Crippen molar-refractivity contribution < 1.29 is 9.13 Å². The molecule has 0 aliphatic heterocycles. The zero-order valence-corrected chi connectivity index (χ0v) is 12.8. The molecule has 3 heteroatoms. The summed E-state index contributed by atoms with van der Waals surface area (Å²) in [6.45, 7) is 8.09. The first-order valence-electron chi connectivity index (χ1n) is 7.28. The van der Waals surface area contributed by atoms with Crippen LogP contribution in [0.4, 0.5) is 4.39 Å². The summed E-state index contributed by atoms with van der Waals surface area (Å²) in [7, 11) is 0. The molecule has 0 saturated heterocycles. The molecule has 0 bridgehead atoms. The summed E-state index contributed by atoms with van der Waals surface area (Å²) in [5, 5.41) is 3.41. The highest BCUT2D eigenvalue weighted by atomic mass is 19.1. The molecule has 2 rings (SSSR count). The predicted octanol–water partition coefficient (Wildman–Crippen LogP) is 4.67. The summed E-state index contributed by atoms with van der Waals surface area (Å²) in [4.78, 5) is 0. The van der Waals surface area contributed by atoms with E-state index in [1.54, 1.807) is 12.1 Å². The smallest absolute Gasteiger partial charge is 0.131 e. The number of ether oxygens (including phenoxy) is 1. The molecule has 0 aromatic heterocycles. The average Bonchev–Trinajstić information content (AvgIpc) is 2.41. The lowest BCUT2D eigenvalue weighted by Gasteiger charge is -2.14. The summed E-state index contributed by atoms with van der Waals surface area (Å²) in [6, 6.07) is 12.2. The minimum Gasteiger partial charge on any atom is -0.457 e. The van der Waals surface area contributed by atoms with Gasteiger partial charge in [0, 0.05) is 18.2 Å². The largest absolute Gasteiger partial charge is 0.457 e. The maximum Gasteiger partial charge on any atom is 0.131 e.